The number of hydrogen-bond donors (Lipinski definition) is 1. The number of hydrogen-bond acceptors (Lipinski definition) is 5. The van der Waals surface area contributed by atoms with E-state index in [2.05, 4.69) is 10.7 Å². The predicted molar refractivity (Wildman–Crippen MR) is 55.0 cm³/mol. The van der Waals surface area contributed by atoms with Gasteiger partial charge in [-0.1, -0.05) is 5.92 Å². The van der Waals surface area contributed by atoms with Crippen LogP contribution in [0.1, 0.15) is 0 Å². The summed E-state index contributed by atoms with van der Waals surface area (Å²) in [6.07, 6.45) is 4.98. The Morgan fingerprint density at radius 1 is 1.47 bits per heavy atom. The number of rotatable bonds is 8. The first-order valence-electron chi connectivity index (χ1n) is 4.63. The fraction of sp³-hybridized carbons (Fsp3) is 0.700. The molecule has 1 atom stereocenters. The summed E-state index contributed by atoms with van der Waals surface area (Å²) in [5.74, 6) is 1.56. The van der Waals surface area contributed by atoms with Gasteiger partial charge in [-0.15, -0.1) is 6.42 Å². The van der Waals surface area contributed by atoms with Crippen LogP contribution < -0.4 is 5.73 Å². The van der Waals surface area contributed by atoms with E-state index < -0.39 is 5.92 Å². The molecule has 0 bridgehead atoms. The van der Waals surface area contributed by atoms with Gasteiger partial charge in [0.1, 0.15) is 6.61 Å². The zero-order valence-corrected chi connectivity index (χ0v) is 8.90. The molecule has 0 aromatic carbocycles. The van der Waals surface area contributed by atoms with Crippen LogP contribution >= 0.6 is 0 Å². The van der Waals surface area contributed by atoms with Gasteiger partial charge in [-0.05, 0) is 0 Å². The summed E-state index contributed by atoms with van der Waals surface area (Å²) in [7, 11) is 1.32. The molecular weight excluding hydrogens is 198 g/mol. The van der Waals surface area contributed by atoms with Gasteiger partial charge in [-0.2, -0.15) is 0 Å². The lowest BCUT2D eigenvalue weighted by atomic mass is 10.2. The van der Waals surface area contributed by atoms with Gasteiger partial charge in [0.25, 0.3) is 0 Å². The van der Waals surface area contributed by atoms with Crippen molar-refractivity contribution in [3.05, 3.63) is 0 Å². The standard InChI is InChI=1S/C10H17NO4/c1-3-4-14-5-6-15-8-9(7-11)10(12)13-2/h1,9H,4-8,11H2,2H3. The smallest absolute Gasteiger partial charge is 0.312 e. The SMILES string of the molecule is C#CCOCCOCC(CN)C(=O)OC. The van der Waals surface area contributed by atoms with Crippen LogP contribution in [0.15, 0.2) is 0 Å². The summed E-state index contributed by atoms with van der Waals surface area (Å²) in [6.45, 7) is 1.50. The highest BCUT2D eigenvalue weighted by molar-refractivity contribution is 5.72. The molecule has 86 valence electrons. The monoisotopic (exact) mass is 215 g/mol. The van der Waals surface area contributed by atoms with Gasteiger partial charge in [0, 0.05) is 6.54 Å². The Kier molecular flexibility index (Phi) is 8.78. The Bertz CT molecular complexity index is 212. The van der Waals surface area contributed by atoms with Crippen LogP contribution in [0.3, 0.4) is 0 Å². The average molecular weight is 215 g/mol. The van der Waals surface area contributed by atoms with E-state index in [1.165, 1.54) is 7.11 Å². The van der Waals surface area contributed by atoms with Crippen LogP contribution in [0.4, 0.5) is 0 Å². The molecule has 0 amide bonds. The first kappa shape index (κ1) is 13.9. The molecule has 2 N–H and O–H groups in total. The van der Waals surface area contributed by atoms with Gasteiger partial charge in [0.2, 0.25) is 0 Å². The normalized spacial score (nSPS) is 11.8. The molecule has 0 aliphatic carbocycles. The lowest BCUT2D eigenvalue weighted by molar-refractivity contribution is -0.147. The highest BCUT2D eigenvalue weighted by atomic mass is 16.5. The molecule has 0 aromatic heterocycles. The van der Waals surface area contributed by atoms with E-state index in [-0.39, 0.29) is 25.7 Å². The van der Waals surface area contributed by atoms with Gasteiger partial charge in [0.15, 0.2) is 0 Å². The lowest BCUT2D eigenvalue weighted by Crippen LogP contribution is -2.29. The van der Waals surface area contributed by atoms with E-state index in [1.807, 2.05) is 0 Å². The summed E-state index contributed by atoms with van der Waals surface area (Å²) >= 11 is 0. The van der Waals surface area contributed by atoms with Crippen molar-refractivity contribution in [3.8, 4) is 12.3 Å². The van der Waals surface area contributed by atoms with Crippen LogP contribution in [0, 0.1) is 18.3 Å². The topological polar surface area (TPSA) is 70.8 Å². The second-order valence-corrected chi connectivity index (χ2v) is 2.79. The third-order valence-electron chi connectivity index (χ3n) is 1.70. The van der Waals surface area contributed by atoms with E-state index >= 15 is 0 Å². The molecule has 0 saturated carbocycles. The minimum Gasteiger partial charge on any atom is -0.469 e. The summed E-state index contributed by atoms with van der Waals surface area (Å²) in [4.78, 5) is 11.1. The third kappa shape index (κ3) is 6.91. The van der Waals surface area contributed by atoms with Crippen molar-refractivity contribution in [1.82, 2.24) is 0 Å². The molecule has 0 aromatic rings. The Morgan fingerprint density at radius 3 is 2.67 bits per heavy atom. The van der Waals surface area contributed by atoms with Crippen LogP contribution in [0.2, 0.25) is 0 Å². The van der Waals surface area contributed by atoms with Gasteiger partial charge < -0.3 is 19.9 Å². The summed E-state index contributed by atoms with van der Waals surface area (Å²) < 4.78 is 14.7. The fourth-order valence-corrected chi connectivity index (χ4v) is 0.874. The first-order valence-corrected chi connectivity index (χ1v) is 4.63. The van der Waals surface area contributed by atoms with Gasteiger partial charge in [-0.25, -0.2) is 0 Å². The second kappa shape index (κ2) is 9.46. The number of terminal acetylenes is 1. The van der Waals surface area contributed by atoms with Crippen molar-refractivity contribution in [2.45, 2.75) is 0 Å². The van der Waals surface area contributed by atoms with Crippen LogP contribution in [0.5, 0.6) is 0 Å². The van der Waals surface area contributed by atoms with Crippen molar-refractivity contribution < 1.29 is 19.0 Å². The van der Waals surface area contributed by atoms with Crippen molar-refractivity contribution >= 4 is 5.97 Å². The van der Waals surface area contributed by atoms with E-state index in [1.54, 1.807) is 0 Å². The van der Waals surface area contributed by atoms with Crippen LogP contribution in [-0.2, 0) is 19.0 Å². The predicted octanol–water partition coefficient (Wildman–Crippen LogP) is -0.599. The molecule has 0 fully saturated rings. The number of nitrogens with two attached hydrogens (primary N) is 1. The van der Waals surface area contributed by atoms with Crippen molar-refractivity contribution in [3.63, 3.8) is 0 Å². The molecule has 15 heavy (non-hydrogen) atoms. The number of methoxy groups -OCH3 is 1. The van der Waals surface area contributed by atoms with E-state index in [4.69, 9.17) is 21.6 Å². The molecule has 5 nitrogen and oxygen atoms in total. The zero-order chi connectivity index (χ0) is 11.5. The Balaban J connectivity index is 3.47. The Labute approximate surface area is 89.9 Å². The first-order chi connectivity index (χ1) is 7.26. The van der Waals surface area contributed by atoms with Gasteiger partial charge in [0.05, 0.1) is 32.8 Å². The van der Waals surface area contributed by atoms with Crippen molar-refractivity contribution in [2.24, 2.45) is 11.7 Å². The lowest BCUT2D eigenvalue weighted by Gasteiger charge is -2.12. The fourth-order valence-electron chi connectivity index (χ4n) is 0.874. The largest absolute Gasteiger partial charge is 0.469 e. The number of esters is 1. The molecule has 0 rings (SSSR count). The Morgan fingerprint density at radius 2 is 2.13 bits per heavy atom. The zero-order valence-electron chi connectivity index (χ0n) is 8.90. The number of carbonyl (C=O) groups is 1. The molecule has 1 unspecified atom stereocenters. The molecular formula is C10H17NO4. The molecule has 5 heteroatoms. The number of carbonyl (C=O) groups excluding carboxylic acids is 1. The van der Waals surface area contributed by atoms with E-state index in [9.17, 15) is 4.79 Å². The van der Waals surface area contributed by atoms with Crippen LogP contribution in [0.25, 0.3) is 0 Å². The average Bonchev–Trinajstić information content (AvgIpc) is 2.27. The summed E-state index contributed by atoms with van der Waals surface area (Å²) in [6, 6.07) is 0. The highest BCUT2D eigenvalue weighted by Gasteiger charge is 2.16. The maximum atomic E-state index is 11.1. The molecule has 0 spiro atoms. The number of ether oxygens (including phenoxy) is 3. The van der Waals surface area contributed by atoms with E-state index in [0.29, 0.717) is 13.2 Å². The van der Waals surface area contributed by atoms with Gasteiger partial charge in [-0.3, -0.25) is 4.79 Å². The minimum atomic E-state index is -0.414. The minimum absolute atomic E-state index is 0.206. The quantitative estimate of drug-likeness (QED) is 0.332. The van der Waals surface area contributed by atoms with E-state index in [0.717, 1.165) is 0 Å². The third-order valence-corrected chi connectivity index (χ3v) is 1.70. The molecule has 0 saturated heterocycles. The van der Waals surface area contributed by atoms with Crippen LogP contribution in [-0.4, -0.2) is 46.1 Å². The van der Waals surface area contributed by atoms with Crippen molar-refractivity contribution in [2.75, 3.05) is 40.1 Å². The highest BCUT2D eigenvalue weighted by Crippen LogP contribution is 1.97. The maximum Gasteiger partial charge on any atom is 0.312 e. The second-order valence-electron chi connectivity index (χ2n) is 2.79. The maximum absolute atomic E-state index is 11.1. The molecule has 0 radical (unpaired) electrons. The van der Waals surface area contributed by atoms with Crippen molar-refractivity contribution in [1.29, 1.82) is 0 Å². The van der Waals surface area contributed by atoms with Gasteiger partial charge >= 0.3 is 5.97 Å². The summed E-state index contributed by atoms with van der Waals surface area (Å²) in [5, 5.41) is 0. The molecule has 0 heterocycles. The Hall–Kier alpha value is -1.09. The molecule has 0 aliphatic rings. The molecule has 0 aliphatic heterocycles. The summed E-state index contributed by atoms with van der Waals surface area (Å²) in [5.41, 5.74) is 5.37.